The Balaban J connectivity index is 2.45. The summed E-state index contributed by atoms with van der Waals surface area (Å²) in [6.07, 6.45) is 5.51. The monoisotopic (exact) mass is 195 g/mol. The first-order valence-electron chi connectivity index (χ1n) is 4.51. The first-order valence-corrected chi connectivity index (χ1v) is 4.51. The molecule has 5 nitrogen and oxygen atoms in total. The van der Waals surface area contributed by atoms with Gasteiger partial charge in [0.2, 0.25) is 0 Å². The maximum absolute atomic E-state index is 10.5. The van der Waals surface area contributed by atoms with Crippen molar-refractivity contribution in [2.24, 2.45) is 0 Å². The van der Waals surface area contributed by atoms with E-state index in [2.05, 4.69) is 22.4 Å². The molecule has 0 radical (unpaired) electrons. The smallest absolute Gasteiger partial charge is 0.163 e. The standard InChI is InChI=1S/C9H13N3O2/c1-2-3-4-14-12-9-8(6-13)5-10-7-11-9/h5-7H,2-4H2,1H3,(H,10,11,12). The Morgan fingerprint density at radius 2 is 2.50 bits per heavy atom. The average molecular weight is 195 g/mol. The Hall–Kier alpha value is -1.49. The van der Waals surface area contributed by atoms with Crippen LogP contribution in [0.15, 0.2) is 12.5 Å². The molecule has 1 heterocycles. The number of carbonyl (C=O) groups excluding carboxylic acids is 1. The second kappa shape index (κ2) is 6.04. The van der Waals surface area contributed by atoms with Crippen molar-refractivity contribution in [3.8, 4) is 0 Å². The fourth-order valence-electron chi connectivity index (χ4n) is 0.848. The summed E-state index contributed by atoms with van der Waals surface area (Å²) >= 11 is 0. The summed E-state index contributed by atoms with van der Waals surface area (Å²) in [4.78, 5) is 23.2. The van der Waals surface area contributed by atoms with Crippen LogP contribution in [0.3, 0.4) is 0 Å². The summed E-state index contributed by atoms with van der Waals surface area (Å²) in [5.41, 5.74) is 3.01. The molecule has 0 atom stereocenters. The van der Waals surface area contributed by atoms with E-state index in [0.29, 0.717) is 24.3 Å². The van der Waals surface area contributed by atoms with Gasteiger partial charge in [0, 0.05) is 6.20 Å². The zero-order valence-corrected chi connectivity index (χ0v) is 8.06. The van der Waals surface area contributed by atoms with Gasteiger partial charge in [0.05, 0.1) is 12.2 Å². The van der Waals surface area contributed by atoms with E-state index in [1.54, 1.807) is 0 Å². The van der Waals surface area contributed by atoms with Gasteiger partial charge in [-0.25, -0.2) is 15.4 Å². The van der Waals surface area contributed by atoms with Crippen LogP contribution < -0.4 is 5.48 Å². The predicted molar refractivity (Wildman–Crippen MR) is 51.9 cm³/mol. The minimum atomic E-state index is 0.393. The molecule has 0 spiro atoms. The third kappa shape index (κ3) is 3.10. The fraction of sp³-hybridized carbons (Fsp3) is 0.444. The van der Waals surface area contributed by atoms with Crippen molar-refractivity contribution >= 4 is 12.1 Å². The van der Waals surface area contributed by atoms with Crippen molar-refractivity contribution in [3.05, 3.63) is 18.1 Å². The van der Waals surface area contributed by atoms with E-state index in [1.165, 1.54) is 12.5 Å². The molecule has 76 valence electrons. The van der Waals surface area contributed by atoms with E-state index < -0.39 is 0 Å². The highest BCUT2D eigenvalue weighted by molar-refractivity contribution is 5.81. The maximum Gasteiger partial charge on any atom is 0.163 e. The van der Waals surface area contributed by atoms with Crippen LogP contribution in [-0.4, -0.2) is 22.9 Å². The molecule has 0 aromatic carbocycles. The lowest BCUT2D eigenvalue weighted by Crippen LogP contribution is -2.06. The Labute approximate surface area is 82.5 Å². The third-order valence-corrected chi connectivity index (χ3v) is 1.64. The second-order valence-electron chi connectivity index (χ2n) is 2.75. The molecule has 1 aromatic rings. The molecular formula is C9H13N3O2. The van der Waals surface area contributed by atoms with Gasteiger partial charge in [-0.1, -0.05) is 13.3 Å². The number of aromatic nitrogens is 2. The number of unbranched alkanes of at least 4 members (excludes halogenated alkanes) is 1. The van der Waals surface area contributed by atoms with Gasteiger partial charge >= 0.3 is 0 Å². The van der Waals surface area contributed by atoms with Crippen LogP contribution in [0.4, 0.5) is 5.82 Å². The van der Waals surface area contributed by atoms with E-state index in [9.17, 15) is 4.79 Å². The van der Waals surface area contributed by atoms with Crippen molar-refractivity contribution in [3.63, 3.8) is 0 Å². The van der Waals surface area contributed by atoms with Gasteiger partial charge in [0.15, 0.2) is 12.1 Å². The number of hydrogen-bond acceptors (Lipinski definition) is 5. The van der Waals surface area contributed by atoms with Gasteiger partial charge in [-0.2, -0.15) is 0 Å². The third-order valence-electron chi connectivity index (χ3n) is 1.64. The van der Waals surface area contributed by atoms with E-state index in [4.69, 9.17) is 4.84 Å². The molecule has 0 fully saturated rings. The zero-order chi connectivity index (χ0) is 10.2. The van der Waals surface area contributed by atoms with E-state index in [-0.39, 0.29) is 0 Å². The van der Waals surface area contributed by atoms with E-state index in [0.717, 1.165) is 12.8 Å². The molecule has 5 heteroatoms. The fourth-order valence-corrected chi connectivity index (χ4v) is 0.848. The quantitative estimate of drug-likeness (QED) is 0.422. The first-order chi connectivity index (χ1) is 6.88. The number of anilines is 1. The molecule has 0 aliphatic heterocycles. The summed E-state index contributed by atoms with van der Waals surface area (Å²) in [7, 11) is 0. The number of rotatable bonds is 6. The molecule has 0 saturated carbocycles. The van der Waals surface area contributed by atoms with E-state index >= 15 is 0 Å². The average Bonchev–Trinajstić information content (AvgIpc) is 2.25. The van der Waals surface area contributed by atoms with Gasteiger partial charge in [-0.15, -0.1) is 0 Å². The second-order valence-corrected chi connectivity index (χ2v) is 2.75. The molecule has 1 aromatic heterocycles. The van der Waals surface area contributed by atoms with Crippen molar-refractivity contribution in [2.75, 3.05) is 12.1 Å². The Bertz CT molecular complexity index is 291. The van der Waals surface area contributed by atoms with Crippen LogP contribution in [0, 0.1) is 0 Å². The van der Waals surface area contributed by atoms with Crippen LogP contribution in [0.5, 0.6) is 0 Å². The first kappa shape index (κ1) is 10.6. The molecule has 0 aliphatic rings. The lowest BCUT2D eigenvalue weighted by Gasteiger charge is -2.06. The largest absolute Gasteiger partial charge is 0.298 e. The van der Waals surface area contributed by atoms with Gasteiger partial charge in [-0.05, 0) is 6.42 Å². The van der Waals surface area contributed by atoms with Crippen molar-refractivity contribution in [1.82, 2.24) is 9.97 Å². The molecular weight excluding hydrogens is 182 g/mol. The lowest BCUT2D eigenvalue weighted by atomic mass is 10.3. The Kier molecular flexibility index (Phi) is 4.57. The maximum atomic E-state index is 10.5. The normalized spacial score (nSPS) is 9.79. The van der Waals surface area contributed by atoms with Crippen LogP contribution in [0.1, 0.15) is 30.1 Å². The predicted octanol–water partition coefficient (Wildman–Crippen LogP) is 1.43. The summed E-state index contributed by atoms with van der Waals surface area (Å²) in [5.74, 6) is 0.408. The number of hydrogen-bond donors (Lipinski definition) is 1. The molecule has 0 bridgehead atoms. The van der Waals surface area contributed by atoms with Crippen LogP contribution in [0.2, 0.25) is 0 Å². The molecule has 0 aliphatic carbocycles. The van der Waals surface area contributed by atoms with Crippen LogP contribution in [-0.2, 0) is 4.84 Å². The van der Waals surface area contributed by atoms with Crippen molar-refractivity contribution in [2.45, 2.75) is 19.8 Å². The van der Waals surface area contributed by atoms with Crippen molar-refractivity contribution in [1.29, 1.82) is 0 Å². The van der Waals surface area contributed by atoms with E-state index in [1.807, 2.05) is 0 Å². The highest BCUT2D eigenvalue weighted by Crippen LogP contribution is 2.06. The summed E-state index contributed by atoms with van der Waals surface area (Å²) < 4.78 is 0. The summed E-state index contributed by atoms with van der Waals surface area (Å²) in [5, 5.41) is 0. The molecule has 1 N–H and O–H groups in total. The molecule has 0 saturated heterocycles. The molecule has 0 amide bonds. The number of carbonyl (C=O) groups is 1. The van der Waals surface area contributed by atoms with Gasteiger partial charge in [-0.3, -0.25) is 9.63 Å². The number of nitrogens with one attached hydrogen (secondary N) is 1. The molecule has 1 rings (SSSR count). The lowest BCUT2D eigenvalue weighted by molar-refractivity contribution is 0.112. The van der Waals surface area contributed by atoms with Gasteiger partial charge < -0.3 is 0 Å². The minimum absolute atomic E-state index is 0.393. The number of aldehydes is 1. The summed E-state index contributed by atoms with van der Waals surface area (Å²) in [6, 6.07) is 0. The molecule has 0 unspecified atom stereocenters. The zero-order valence-electron chi connectivity index (χ0n) is 8.06. The highest BCUT2D eigenvalue weighted by atomic mass is 16.6. The summed E-state index contributed by atoms with van der Waals surface area (Å²) in [6.45, 7) is 2.67. The minimum Gasteiger partial charge on any atom is -0.298 e. The van der Waals surface area contributed by atoms with Crippen molar-refractivity contribution < 1.29 is 9.63 Å². The topological polar surface area (TPSA) is 64.1 Å². The van der Waals surface area contributed by atoms with Gasteiger partial charge in [0.1, 0.15) is 6.33 Å². The van der Waals surface area contributed by atoms with Crippen LogP contribution in [0.25, 0.3) is 0 Å². The Morgan fingerprint density at radius 3 is 3.21 bits per heavy atom. The van der Waals surface area contributed by atoms with Gasteiger partial charge in [0.25, 0.3) is 0 Å². The van der Waals surface area contributed by atoms with Crippen LogP contribution >= 0.6 is 0 Å². The highest BCUT2D eigenvalue weighted by Gasteiger charge is 2.01. The number of nitrogens with zero attached hydrogens (tertiary/aromatic N) is 2. The molecule has 14 heavy (non-hydrogen) atoms. The Morgan fingerprint density at radius 1 is 1.64 bits per heavy atom. The SMILES string of the molecule is CCCCONc1ncncc1C=O.